The zero-order valence-corrected chi connectivity index (χ0v) is 17.4. The first-order valence-electron chi connectivity index (χ1n) is 9.69. The molecular formula is C21H29FN4OS. The smallest absolute Gasteiger partial charge is 0.193 e. The SMILES string of the molecule is CN=C(NCC(c1ccc(F)cc1)N1CCOCC1)N(C)CCc1cccs1. The summed E-state index contributed by atoms with van der Waals surface area (Å²) in [6.45, 7) is 4.81. The monoisotopic (exact) mass is 404 g/mol. The second-order valence-electron chi connectivity index (χ2n) is 6.89. The van der Waals surface area contributed by atoms with E-state index in [1.165, 1.54) is 17.0 Å². The fourth-order valence-electron chi connectivity index (χ4n) is 3.44. The number of nitrogens with zero attached hydrogens (tertiary/aromatic N) is 3. The highest BCUT2D eigenvalue weighted by Crippen LogP contribution is 2.21. The second-order valence-corrected chi connectivity index (χ2v) is 7.93. The van der Waals surface area contributed by atoms with Crippen molar-refractivity contribution in [1.82, 2.24) is 15.1 Å². The predicted octanol–water partition coefficient (Wildman–Crippen LogP) is 3.01. The number of nitrogens with one attached hydrogen (secondary N) is 1. The van der Waals surface area contributed by atoms with E-state index in [9.17, 15) is 4.39 Å². The highest BCUT2D eigenvalue weighted by molar-refractivity contribution is 7.09. The lowest BCUT2D eigenvalue weighted by atomic mass is 10.0. The molecule has 0 spiro atoms. The lowest BCUT2D eigenvalue weighted by Gasteiger charge is -2.35. The summed E-state index contributed by atoms with van der Waals surface area (Å²) >= 11 is 1.78. The number of hydrogen-bond acceptors (Lipinski definition) is 4. The molecule has 0 radical (unpaired) electrons. The molecule has 7 heteroatoms. The Balaban J connectivity index is 1.62. The number of ether oxygens (including phenoxy) is 1. The second kappa shape index (κ2) is 10.5. The minimum absolute atomic E-state index is 0.145. The third-order valence-electron chi connectivity index (χ3n) is 5.04. The molecule has 0 aliphatic carbocycles. The van der Waals surface area contributed by atoms with Gasteiger partial charge >= 0.3 is 0 Å². The maximum Gasteiger partial charge on any atom is 0.193 e. The third kappa shape index (κ3) is 5.77. The van der Waals surface area contributed by atoms with Crippen LogP contribution >= 0.6 is 11.3 Å². The summed E-state index contributed by atoms with van der Waals surface area (Å²) in [6, 6.07) is 11.2. The van der Waals surface area contributed by atoms with Crippen LogP contribution in [-0.2, 0) is 11.2 Å². The quantitative estimate of drug-likeness (QED) is 0.569. The van der Waals surface area contributed by atoms with E-state index in [4.69, 9.17) is 4.74 Å². The van der Waals surface area contributed by atoms with Gasteiger partial charge < -0.3 is 15.0 Å². The topological polar surface area (TPSA) is 40.1 Å². The molecule has 0 amide bonds. The largest absolute Gasteiger partial charge is 0.379 e. The predicted molar refractivity (Wildman–Crippen MR) is 114 cm³/mol. The highest BCUT2D eigenvalue weighted by atomic mass is 32.1. The van der Waals surface area contributed by atoms with Crippen LogP contribution in [0.2, 0.25) is 0 Å². The molecule has 1 saturated heterocycles. The van der Waals surface area contributed by atoms with Gasteiger partial charge in [-0.2, -0.15) is 0 Å². The Morgan fingerprint density at radius 3 is 2.68 bits per heavy atom. The Kier molecular flexibility index (Phi) is 7.82. The first-order chi connectivity index (χ1) is 13.7. The van der Waals surface area contributed by atoms with Gasteiger partial charge in [0.05, 0.1) is 19.3 Å². The summed E-state index contributed by atoms with van der Waals surface area (Å²) in [5.41, 5.74) is 1.10. The Labute approximate surface area is 170 Å². The van der Waals surface area contributed by atoms with Crippen LogP contribution in [0.25, 0.3) is 0 Å². The van der Waals surface area contributed by atoms with Gasteiger partial charge in [0.1, 0.15) is 5.82 Å². The van der Waals surface area contributed by atoms with E-state index in [0.29, 0.717) is 6.54 Å². The lowest BCUT2D eigenvalue weighted by Crippen LogP contribution is -2.47. The number of hydrogen-bond donors (Lipinski definition) is 1. The number of morpholine rings is 1. The molecule has 2 aromatic rings. The van der Waals surface area contributed by atoms with Gasteiger partial charge in [0.25, 0.3) is 0 Å². The Hall–Kier alpha value is -1.96. The molecule has 3 rings (SSSR count). The van der Waals surface area contributed by atoms with Crippen LogP contribution in [0.4, 0.5) is 4.39 Å². The Morgan fingerprint density at radius 1 is 1.29 bits per heavy atom. The van der Waals surface area contributed by atoms with Crippen molar-refractivity contribution in [1.29, 1.82) is 0 Å². The maximum absolute atomic E-state index is 13.4. The molecule has 5 nitrogen and oxygen atoms in total. The molecular weight excluding hydrogens is 375 g/mol. The summed E-state index contributed by atoms with van der Waals surface area (Å²) in [7, 11) is 3.87. The normalized spacial score (nSPS) is 16.8. The minimum atomic E-state index is -0.207. The van der Waals surface area contributed by atoms with Gasteiger partial charge in [0.2, 0.25) is 0 Å². The first kappa shape index (κ1) is 20.8. The molecule has 1 atom stereocenters. The van der Waals surface area contributed by atoms with Gasteiger partial charge in [-0.3, -0.25) is 9.89 Å². The molecule has 0 bridgehead atoms. The standard InChI is InChI=1S/C21H29FN4OS/c1-23-21(25(2)10-9-19-4-3-15-28-19)24-16-20(26-11-13-27-14-12-26)17-5-7-18(22)8-6-17/h3-8,15,20H,9-14,16H2,1-2H3,(H,23,24). The highest BCUT2D eigenvalue weighted by Gasteiger charge is 2.23. The van der Waals surface area contributed by atoms with E-state index in [-0.39, 0.29) is 11.9 Å². The van der Waals surface area contributed by atoms with Gasteiger partial charge in [0, 0.05) is 45.2 Å². The van der Waals surface area contributed by atoms with Crippen LogP contribution in [0, 0.1) is 5.82 Å². The van der Waals surface area contributed by atoms with Gasteiger partial charge in [-0.25, -0.2) is 4.39 Å². The summed E-state index contributed by atoms with van der Waals surface area (Å²) in [5.74, 6) is 0.665. The zero-order valence-electron chi connectivity index (χ0n) is 16.6. The summed E-state index contributed by atoms with van der Waals surface area (Å²) in [6.07, 6.45) is 1.000. The van der Waals surface area contributed by atoms with E-state index in [1.54, 1.807) is 11.3 Å². The van der Waals surface area contributed by atoms with Crippen molar-refractivity contribution in [3.8, 4) is 0 Å². The van der Waals surface area contributed by atoms with Crippen molar-refractivity contribution in [2.75, 3.05) is 53.5 Å². The number of guanidine groups is 1. The number of benzene rings is 1. The van der Waals surface area contributed by atoms with Crippen molar-refractivity contribution in [2.45, 2.75) is 12.5 Å². The van der Waals surface area contributed by atoms with Crippen LogP contribution in [-0.4, -0.2) is 69.2 Å². The third-order valence-corrected chi connectivity index (χ3v) is 5.98. The average Bonchev–Trinajstić information content (AvgIpc) is 3.25. The van der Waals surface area contributed by atoms with Gasteiger partial charge in [-0.15, -0.1) is 11.3 Å². The van der Waals surface area contributed by atoms with Crippen LogP contribution in [0.5, 0.6) is 0 Å². The fraction of sp³-hybridized carbons (Fsp3) is 0.476. The Morgan fingerprint density at radius 2 is 2.04 bits per heavy atom. The summed E-state index contributed by atoms with van der Waals surface area (Å²) in [4.78, 5) is 10.4. The van der Waals surface area contributed by atoms with E-state index < -0.39 is 0 Å². The number of likely N-dealkylation sites (N-methyl/N-ethyl adjacent to an activating group) is 1. The van der Waals surface area contributed by atoms with Crippen LogP contribution < -0.4 is 5.32 Å². The molecule has 1 fully saturated rings. The van der Waals surface area contributed by atoms with Crippen molar-refractivity contribution in [2.24, 2.45) is 4.99 Å². The van der Waals surface area contributed by atoms with E-state index >= 15 is 0 Å². The fourth-order valence-corrected chi connectivity index (χ4v) is 4.14. The van der Waals surface area contributed by atoms with E-state index in [1.807, 2.05) is 19.2 Å². The number of thiophene rings is 1. The molecule has 1 aliphatic rings. The lowest BCUT2D eigenvalue weighted by molar-refractivity contribution is 0.0169. The van der Waals surface area contributed by atoms with E-state index in [0.717, 1.165) is 50.8 Å². The maximum atomic E-state index is 13.4. The molecule has 1 unspecified atom stereocenters. The molecule has 2 heterocycles. The minimum Gasteiger partial charge on any atom is -0.379 e. The summed E-state index contributed by atoms with van der Waals surface area (Å²) in [5, 5.41) is 5.62. The number of rotatable bonds is 7. The molecule has 0 saturated carbocycles. The van der Waals surface area contributed by atoms with Crippen molar-refractivity contribution in [3.63, 3.8) is 0 Å². The number of halogens is 1. The van der Waals surface area contributed by atoms with Crippen LogP contribution in [0.3, 0.4) is 0 Å². The zero-order chi connectivity index (χ0) is 19.8. The van der Waals surface area contributed by atoms with Gasteiger partial charge in [0.15, 0.2) is 5.96 Å². The Bertz CT molecular complexity index is 729. The van der Waals surface area contributed by atoms with Gasteiger partial charge in [-0.1, -0.05) is 18.2 Å². The molecule has 152 valence electrons. The van der Waals surface area contributed by atoms with E-state index in [2.05, 4.69) is 44.7 Å². The molecule has 1 aromatic carbocycles. The summed E-state index contributed by atoms with van der Waals surface area (Å²) < 4.78 is 18.9. The molecule has 28 heavy (non-hydrogen) atoms. The molecule has 1 aromatic heterocycles. The van der Waals surface area contributed by atoms with Crippen molar-refractivity contribution >= 4 is 17.3 Å². The van der Waals surface area contributed by atoms with Crippen LogP contribution in [0.15, 0.2) is 46.8 Å². The molecule has 1 N–H and O–H groups in total. The first-order valence-corrected chi connectivity index (χ1v) is 10.6. The average molecular weight is 405 g/mol. The van der Waals surface area contributed by atoms with Crippen molar-refractivity contribution < 1.29 is 9.13 Å². The molecule has 1 aliphatic heterocycles. The van der Waals surface area contributed by atoms with Gasteiger partial charge in [-0.05, 0) is 35.6 Å². The van der Waals surface area contributed by atoms with Crippen molar-refractivity contribution in [3.05, 3.63) is 58.0 Å². The number of aliphatic imine (C=N–C) groups is 1. The van der Waals surface area contributed by atoms with Crippen LogP contribution in [0.1, 0.15) is 16.5 Å².